The summed E-state index contributed by atoms with van der Waals surface area (Å²) in [5, 5.41) is 8.73. The van der Waals surface area contributed by atoms with Gasteiger partial charge in [-0.1, -0.05) is 25.0 Å². The quantitative estimate of drug-likeness (QED) is 0.532. The van der Waals surface area contributed by atoms with Gasteiger partial charge in [0.05, 0.1) is 6.10 Å². The van der Waals surface area contributed by atoms with Crippen molar-refractivity contribution in [3.63, 3.8) is 0 Å². The van der Waals surface area contributed by atoms with Gasteiger partial charge in [0.25, 0.3) is 0 Å². The molecule has 0 spiro atoms. The molecule has 11 heavy (non-hydrogen) atoms. The summed E-state index contributed by atoms with van der Waals surface area (Å²) in [6.45, 7) is 0. The van der Waals surface area contributed by atoms with Gasteiger partial charge in [0.15, 0.2) is 0 Å². The van der Waals surface area contributed by atoms with Crippen molar-refractivity contribution < 1.29 is 5.11 Å². The molecule has 1 heteroatoms. The summed E-state index contributed by atoms with van der Waals surface area (Å²) < 4.78 is 0. The zero-order valence-corrected chi connectivity index (χ0v) is 7.13. The largest absolute Gasteiger partial charge is 0.393 e. The topological polar surface area (TPSA) is 20.2 Å². The third-order valence-electron chi connectivity index (χ3n) is 2.23. The van der Waals surface area contributed by atoms with Gasteiger partial charge in [0, 0.05) is 0 Å². The van der Waals surface area contributed by atoms with E-state index >= 15 is 0 Å². The normalized spacial score (nSPS) is 23.4. The van der Waals surface area contributed by atoms with E-state index in [9.17, 15) is 0 Å². The molecule has 2 aliphatic carbocycles. The maximum atomic E-state index is 8.73. The molecule has 0 unspecified atom stereocenters. The van der Waals surface area contributed by atoms with Crippen LogP contribution in [0.25, 0.3) is 0 Å². The Balaban J connectivity index is 0.000000112. The molecule has 0 aliphatic heterocycles. The minimum Gasteiger partial charge on any atom is -0.393 e. The van der Waals surface area contributed by atoms with Crippen LogP contribution in [0.5, 0.6) is 0 Å². The predicted molar refractivity (Wildman–Crippen MR) is 47.5 cm³/mol. The number of hydrogen-bond donors (Lipinski definition) is 1. The highest BCUT2D eigenvalue weighted by Crippen LogP contribution is 2.16. The van der Waals surface area contributed by atoms with E-state index in [1.54, 1.807) is 0 Å². The zero-order valence-electron chi connectivity index (χ0n) is 7.13. The summed E-state index contributed by atoms with van der Waals surface area (Å²) in [6, 6.07) is 0. The highest BCUT2D eigenvalue weighted by Gasteiger charge is 2.09. The van der Waals surface area contributed by atoms with Gasteiger partial charge in [0.2, 0.25) is 0 Å². The Kier molecular flexibility index (Phi) is 4.29. The molecule has 0 saturated heterocycles. The second-order valence-electron chi connectivity index (χ2n) is 3.34. The summed E-state index contributed by atoms with van der Waals surface area (Å²) in [5.41, 5.74) is 0. The van der Waals surface area contributed by atoms with Crippen molar-refractivity contribution in [1.29, 1.82) is 0 Å². The molecule has 1 fully saturated rings. The zero-order chi connectivity index (χ0) is 7.94. The van der Waals surface area contributed by atoms with E-state index in [1.165, 1.54) is 32.1 Å². The number of aliphatic hydroxyl groups is 1. The van der Waals surface area contributed by atoms with Crippen LogP contribution in [0.2, 0.25) is 0 Å². The summed E-state index contributed by atoms with van der Waals surface area (Å²) >= 11 is 0. The van der Waals surface area contributed by atoms with Crippen molar-refractivity contribution in [2.24, 2.45) is 0 Å². The first-order chi connectivity index (χ1) is 5.39. The van der Waals surface area contributed by atoms with Gasteiger partial charge in [-0.15, -0.1) is 0 Å². The van der Waals surface area contributed by atoms with Crippen LogP contribution in [0, 0.1) is 0 Å². The predicted octanol–water partition coefficient (Wildman–Crippen LogP) is 2.65. The Morgan fingerprint density at radius 1 is 0.909 bits per heavy atom. The van der Waals surface area contributed by atoms with Gasteiger partial charge in [-0.2, -0.15) is 0 Å². The van der Waals surface area contributed by atoms with Gasteiger partial charge in [-0.05, 0) is 32.1 Å². The fraction of sp³-hybridized carbons (Fsp3) is 0.800. The molecule has 0 atom stereocenters. The molecule has 0 amide bonds. The molecule has 0 aromatic heterocycles. The summed E-state index contributed by atoms with van der Waals surface area (Å²) in [7, 11) is 0. The van der Waals surface area contributed by atoms with Crippen molar-refractivity contribution in [1.82, 2.24) is 0 Å². The smallest absolute Gasteiger partial charge is 0.0540 e. The molecular weight excluding hydrogens is 136 g/mol. The molecule has 64 valence electrons. The first-order valence-corrected chi connectivity index (χ1v) is 4.72. The van der Waals surface area contributed by atoms with Crippen molar-refractivity contribution in [3.05, 3.63) is 12.2 Å². The van der Waals surface area contributed by atoms with Crippen LogP contribution in [0.3, 0.4) is 0 Å². The van der Waals surface area contributed by atoms with E-state index in [0.29, 0.717) is 0 Å². The molecule has 0 aromatic rings. The maximum absolute atomic E-state index is 8.73. The average Bonchev–Trinajstić information content (AvgIpc) is 2.57. The maximum Gasteiger partial charge on any atom is 0.0540 e. The van der Waals surface area contributed by atoms with Crippen molar-refractivity contribution in [2.45, 2.75) is 51.0 Å². The van der Waals surface area contributed by atoms with Crippen molar-refractivity contribution >= 4 is 0 Å². The van der Waals surface area contributed by atoms with Crippen molar-refractivity contribution in [2.75, 3.05) is 0 Å². The van der Waals surface area contributed by atoms with Gasteiger partial charge >= 0.3 is 0 Å². The molecule has 1 saturated carbocycles. The minimum atomic E-state index is 0.0463. The lowest BCUT2D eigenvalue weighted by Gasteiger charge is -1.91. The van der Waals surface area contributed by atoms with E-state index in [1.807, 2.05) is 0 Å². The van der Waals surface area contributed by atoms with Crippen LogP contribution in [0.15, 0.2) is 12.2 Å². The Morgan fingerprint density at radius 2 is 1.45 bits per heavy atom. The summed E-state index contributed by atoms with van der Waals surface area (Å²) in [4.78, 5) is 0. The van der Waals surface area contributed by atoms with Crippen LogP contribution >= 0.6 is 0 Å². The van der Waals surface area contributed by atoms with E-state index in [-0.39, 0.29) is 6.10 Å². The molecule has 0 aromatic carbocycles. The van der Waals surface area contributed by atoms with Crippen LogP contribution < -0.4 is 0 Å². The molecule has 1 N–H and O–H groups in total. The molecule has 0 radical (unpaired) electrons. The first kappa shape index (κ1) is 8.79. The Bertz CT molecular complexity index is 106. The summed E-state index contributed by atoms with van der Waals surface area (Å²) in [5.74, 6) is 0. The van der Waals surface area contributed by atoms with E-state index in [0.717, 1.165) is 12.8 Å². The standard InChI is InChI=1S/C5H10O.C5H8/c6-5-3-1-2-4-5;1-2-4-5-3-1/h5-6H,1-4H2;1-2H,3-5H2. The van der Waals surface area contributed by atoms with Crippen LogP contribution in [0.4, 0.5) is 0 Å². The van der Waals surface area contributed by atoms with Gasteiger partial charge < -0.3 is 5.11 Å². The van der Waals surface area contributed by atoms with E-state index in [2.05, 4.69) is 12.2 Å². The van der Waals surface area contributed by atoms with Crippen LogP contribution in [0.1, 0.15) is 44.9 Å². The lowest BCUT2D eigenvalue weighted by atomic mass is 10.3. The lowest BCUT2D eigenvalue weighted by molar-refractivity contribution is 0.183. The Labute approximate surface area is 69.1 Å². The SMILES string of the molecule is C1=CCCC1.OC1CCCC1. The molecular formula is C10H18O. The number of allylic oxidation sites excluding steroid dienone is 2. The van der Waals surface area contributed by atoms with E-state index in [4.69, 9.17) is 5.11 Å². The number of aliphatic hydroxyl groups excluding tert-OH is 1. The molecule has 1 nitrogen and oxygen atoms in total. The molecule has 2 aliphatic rings. The monoisotopic (exact) mass is 154 g/mol. The third-order valence-corrected chi connectivity index (χ3v) is 2.23. The minimum absolute atomic E-state index is 0.0463. The number of hydrogen-bond acceptors (Lipinski definition) is 1. The van der Waals surface area contributed by atoms with Crippen LogP contribution in [-0.4, -0.2) is 11.2 Å². The third kappa shape index (κ3) is 4.20. The second-order valence-corrected chi connectivity index (χ2v) is 3.34. The average molecular weight is 154 g/mol. The fourth-order valence-electron chi connectivity index (χ4n) is 1.49. The van der Waals surface area contributed by atoms with Gasteiger partial charge in [-0.3, -0.25) is 0 Å². The molecule has 0 heterocycles. The Morgan fingerprint density at radius 3 is 1.64 bits per heavy atom. The Hall–Kier alpha value is -0.300. The van der Waals surface area contributed by atoms with Crippen LogP contribution in [-0.2, 0) is 0 Å². The lowest BCUT2D eigenvalue weighted by Crippen LogP contribution is -1.94. The van der Waals surface area contributed by atoms with E-state index < -0.39 is 0 Å². The highest BCUT2D eigenvalue weighted by atomic mass is 16.3. The van der Waals surface area contributed by atoms with Gasteiger partial charge in [0.1, 0.15) is 0 Å². The fourth-order valence-corrected chi connectivity index (χ4v) is 1.49. The van der Waals surface area contributed by atoms with Gasteiger partial charge in [-0.25, -0.2) is 0 Å². The first-order valence-electron chi connectivity index (χ1n) is 4.72. The summed E-state index contributed by atoms with van der Waals surface area (Å²) in [6.07, 6.45) is 13.1. The second kappa shape index (κ2) is 5.36. The van der Waals surface area contributed by atoms with Crippen molar-refractivity contribution in [3.8, 4) is 0 Å². The highest BCUT2D eigenvalue weighted by molar-refractivity contribution is 4.88. The number of rotatable bonds is 0. The molecule has 2 rings (SSSR count). The molecule has 0 bridgehead atoms.